The van der Waals surface area contributed by atoms with E-state index in [2.05, 4.69) is 16.8 Å². The minimum Gasteiger partial charge on any atom is -0.461 e. The fraction of sp³-hybridized carbons (Fsp3) is 0.333. The minimum absolute atomic E-state index is 0.164. The third-order valence-electron chi connectivity index (χ3n) is 1.38. The van der Waals surface area contributed by atoms with Crippen molar-refractivity contribution in [3.05, 3.63) is 10.6 Å². The maximum absolute atomic E-state index is 11.4. The lowest BCUT2D eigenvalue weighted by Gasteiger charge is -1.97. The van der Waals surface area contributed by atoms with Crippen LogP contribution < -0.4 is 5.73 Å². The Morgan fingerprint density at radius 3 is 3.07 bits per heavy atom. The zero-order valence-corrected chi connectivity index (χ0v) is 9.61. The molecule has 1 aromatic heterocycles. The highest BCUT2D eigenvalue weighted by molar-refractivity contribution is 7.16. The van der Waals surface area contributed by atoms with Gasteiger partial charge in [0.2, 0.25) is 0 Å². The van der Waals surface area contributed by atoms with Gasteiger partial charge in [0.05, 0.1) is 12.5 Å². The topological polar surface area (TPSA) is 65.2 Å². The molecule has 0 unspecified atom stereocenters. The molecule has 0 aromatic carbocycles. The van der Waals surface area contributed by atoms with Crippen LogP contribution >= 0.6 is 22.9 Å². The molecule has 0 bridgehead atoms. The highest BCUT2D eigenvalue weighted by atomic mass is 35.5. The summed E-state index contributed by atoms with van der Waals surface area (Å²) in [6.07, 6.45) is 0. The molecule has 0 saturated heterocycles. The predicted octanol–water partition coefficient (Wildman–Crippen LogP) is 1.49. The lowest BCUT2D eigenvalue weighted by Crippen LogP contribution is -2.06. The number of nitrogens with two attached hydrogens (primary N) is 1. The Morgan fingerprint density at radius 2 is 2.47 bits per heavy atom. The SMILES string of the molecule is CCOC(=O)c1nc(N)sc1C#CCCl. The zero-order chi connectivity index (χ0) is 11.3. The van der Waals surface area contributed by atoms with Crippen molar-refractivity contribution in [3.63, 3.8) is 0 Å². The highest BCUT2D eigenvalue weighted by Crippen LogP contribution is 2.20. The van der Waals surface area contributed by atoms with E-state index in [0.29, 0.717) is 11.5 Å². The fourth-order valence-electron chi connectivity index (χ4n) is 0.873. The summed E-state index contributed by atoms with van der Waals surface area (Å²) in [5.41, 5.74) is 5.65. The molecule has 0 aliphatic rings. The molecule has 0 amide bonds. The zero-order valence-electron chi connectivity index (χ0n) is 8.04. The van der Waals surface area contributed by atoms with Gasteiger partial charge in [0, 0.05) is 0 Å². The van der Waals surface area contributed by atoms with Crippen LogP contribution in [0.3, 0.4) is 0 Å². The first-order valence-electron chi connectivity index (χ1n) is 4.17. The van der Waals surface area contributed by atoms with Gasteiger partial charge in [-0.25, -0.2) is 9.78 Å². The van der Waals surface area contributed by atoms with Crippen LogP contribution in [0.5, 0.6) is 0 Å². The van der Waals surface area contributed by atoms with Crippen LogP contribution in [0.15, 0.2) is 0 Å². The number of carbonyl (C=O) groups is 1. The molecule has 0 aliphatic carbocycles. The van der Waals surface area contributed by atoms with Gasteiger partial charge >= 0.3 is 5.97 Å². The quantitative estimate of drug-likeness (QED) is 0.486. The van der Waals surface area contributed by atoms with Crippen LogP contribution in [-0.2, 0) is 4.74 Å². The van der Waals surface area contributed by atoms with Crippen LogP contribution in [-0.4, -0.2) is 23.4 Å². The van der Waals surface area contributed by atoms with Crippen LogP contribution in [0.2, 0.25) is 0 Å². The number of anilines is 1. The number of halogens is 1. The Labute approximate surface area is 96.4 Å². The number of nitrogen functional groups attached to an aromatic ring is 1. The molecule has 15 heavy (non-hydrogen) atoms. The molecule has 0 saturated carbocycles. The third-order valence-corrected chi connectivity index (χ3v) is 2.31. The number of alkyl halides is 1. The number of esters is 1. The number of hydrogen-bond acceptors (Lipinski definition) is 5. The molecule has 0 aliphatic heterocycles. The molecular formula is C9H9ClN2O2S. The molecule has 1 heterocycles. The number of rotatable bonds is 2. The average molecular weight is 245 g/mol. The van der Waals surface area contributed by atoms with Crippen molar-refractivity contribution in [3.8, 4) is 11.8 Å². The van der Waals surface area contributed by atoms with Crippen molar-refractivity contribution in [2.45, 2.75) is 6.92 Å². The van der Waals surface area contributed by atoms with Crippen molar-refractivity contribution in [1.29, 1.82) is 0 Å². The van der Waals surface area contributed by atoms with E-state index >= 15 is 0 Å². The maximum Gasteiger partial charge on any atom is 0.359 e. The van der Waals surface area contributed by atoms with Gasteiger partial charge in [-0.2, -0.15) is 0 Å². The van der Waals surface area contributed by atoms with Crippen molar-refractivity contribution < 1.29 is 9.53 Å². The summed E-state index contributed by atoms with van der Waals surface area (Å²) < 4.78 is 4.81. The van der Waals surface area contributed by atoms with Crippen LogP contribution in [0, 0.1) is 11.8 Å². The van der Waals surface area contributed by atoms with Crippen molar-refractivity contribution in [2.24, 2.45) is 0 Å². The monoisotopic (exact) mass is 244 g/mol. The Morgan fingerprint density at radius 1 is 1.73 bits per heavy atom. The summed E-state index contributed by atoms with van der Waals surface area (Å²) in [5.74, 6) is 5.04. The first-order valence-corrected chi connectivity index (χ1v) is 5.52. The molecule has 0 fully saturated rings. The van der Waals surface area contributed by atoms with Crippen molar-refractivity contribution in [1.82, 2.24) is 4.98 Å². The van der Waals surface area contributed by atoms with Gasteiger partial charge in [0.15, 0.2) is 10.8 Å². The van der Waals surface area contributed by atoms with Crippen LogP contribution in [0.1, 0.15) is 22.3 Å². The molecule has 6 heteroatoms. The second-order valence-corrected chi connectivity index (χ2v) is 3.68. The number of thiazole rings is 1. The number of aromatic nitrogens is 1. The molecule has 80 valence electrons. The van der Waals surface area contributed by atoms with Gasteiger partial charge in [0.25, 0.3) is 0 Å². The molecule has 4 nitrogen and oxygen atoms in total. The van der Waals surface area contributed by atoms with E-state index in [1.807, 2.05) is 0 Å². The lowest BCUT2D eigenvalue weighted by atomic mass is 10.3. The average Bonchev–Trinajstić information content (AvgIpc) is 2.57. The van der Waals surface area contributed by atoms with Gasteiger partial charge in [-0.15, -0.1) is 11.6 Å². The Bertz CT molecular complexity index is 419. The van der Waals surface area contributed by atoms with Crippen LogP contribution in [0.25, 0.3) is 0 Å². The summed E-state index contributed by atoms with van der Waals surface area (Å²) in [5, 5.41) is 0.289. The van der Waals surface area contributed by atoms with Crippen molar-refractivity contribution in [2.75, 3.05) is 18.2 Å². The van der Waals surface area contributed by atoms with Crippen molar-refractivity contribution >= 4 is 34.0 Å². The fourth-order valence-corrected chi connectivity index (χ4v) is 1.63. The summed E-state index contributed by atoms with van der Waals surface area (Å²) in [6.45, 7) is 2.01. The van der Waals surface area contributed by atoms with E-state index in [9.17, 15) is 4.79 Å². The maximum atomic E-state index is 11.4. The summed E-state index contributed by atoms with van der Waals surface area (Å²) in [4.78, 5) is 15.8. The highest BCUT2D eigenvalue weighted by Gasteiger charge is 2.16. The first-order chi connectivity index (χ1) is 7.19. The summed E-state index contributed by atoms with van der Waals surface area (Å²) >= 11 is 6.56. The molecule has 1 rings (SSSR count). The largest absolute Gasteiger partial charge is 0.461 e. The summed E-state index contributed by atoms with van der Waals surface area (Å²) in [7, 11) is 0. The first kappa shape index (κ1) is 11.8. The molecule has 1 aromatic rings. The molecule has 2 N–H and O–H groups in total. The lowest BCUT2D eigenvalue weighted by molar-refractivity contribution is 0.0520. The second kappa shape index (κ2) is 5.59. The standard InChI is InChI=1S/C9H9ClN2O2S/c1-2-14-8(13)7-6(4-3-5-10)15-9(11)12-7/h2,5H2,1H3,(H2,11,12). The minimum atomic E-state index is -0.510. The second-order valence-electron chi connectivity index (χ2n) is 2.39. The number of hydrogen-bond donors (Lipinski definition) is 1. The number of nitrogens with zero attached hydrogens (tertiary/aromatic N) is 1. The molecular weight excluding hydrogens is 236 g/mol. The van der Waals surface area contributed by atoms with E-state index in [1.54, 1.807) is 6.92 Å². The Hall–Kier alpha value is -1.25. The number of ether oxygens (including phenoxy) is 1. The molecule has 0 spiro atoms. The molecule has 0 radical (unpaired) electrons. The van der Waals surface area contributed by atoms with Crippen LogP contribution in [0.4, 0.5) is 5.13 Å². The molecule has 0 atom stereocenters. The van der Waals surface area contributed by atoms with E-state index in [-0.39, 0.29) is 16.7 Å². The van der Waals surface area contributed by atoms with E-state index < -0.39 is 5.97 Å². The van der Waals surface area contributed by atoms with E-state index in [4.69, 9.17) is 22.1 Å². The van der Waals surface area contributed by atoms with Gasteiger partial charge in [0.1, 0.15) is 4.88 Å². The van der Waals surface area contributed by atoms with Gasteiger partial charge in [-0.05, 0) is 6.92 Å². The van der Waals surface area contributed by atoms with E-state index in [0.717, 1.165) is 11.3 Å². The van der Waals surface area contributed by atoms with Gasteiger partial charge < -0.3 is 10.5 Å². The Balaban J connectivity index is 3.00. The predicted molar refractivity (Wildman–Crippen MR) is 60.1 cm³/mol. The van der Waals surface area contributed by atoms with E-state index in [1.165, 1.54) is 0 Å². The smallest absolute Gasteiger partial charge is 0.359 e. The Kier molecular flexibility index (Phi) is 4.40. The van der Waals surface area contributed by atoms with Gasteiger partial charge in [-0.3, -0.25) is 0 Å². The third kappa shape index (κ3) is 3.11. The van der Waals surface area contributed by atoms with Gasteiger partial charge in [-0.1, -0.05) is 23.2 Å². The summed E-state index contributed by atoms with van der Waals surface area (Å²) in [6, 6.07) is 0. The number of carbonyl (C=O) groups excluding carboxylic acids is 1. The normalized spacial score (nSPS) is 9.20.